The zero-order chi connectivity index (χ0) is 12.8. The van der Waals surface area contributed by atoms with Crippen LogP contribution >= 0.6 is 11.6 Å². The van der Waals surface area contributed by atoms with Crippen LogP contribution in [0.1, 0.15) is 16.7 Å². The Hall–Kier alpha value is -1.79. The molecule has 0 aromatic heterocycles. The van der Waals surface area contributed by atoms with Crippen molar-refractivity contribution in [2.24, 2.45) is 0 Å². The lowest BCUT2D eigenvalue weighted by atomic mass is 10.1. The van der Waals surface area contributed by atoms with E-state index in [4.69, 9.17) is 11.6 Å². The highest BCUT2D eigenvalue weighted by molar-refractivity contribution is 6.30. The first kappa shape index (κ1) is 12.7. The first-order chi connectivity index (χ1) is 8.74. The Labute approximate surface area is 113 Å². The Morgan fingerprint density at radius 3 is 2.17 bits per heavy atom. The van der Waals surface area contributed by atoms with Gasteiger partial charge in [0.1, 0.15) is 0 Å². The average molecular weight is 255 g/mol. The van der Waals surface area contributed by atoms with E-state index in [1.54, 1.807) is 0 Å². The van der Waals surface area contributed by atoms with Gasteiger partial charge in [-0.2, -0.15) is 0 Å². The molecule has 0 amide bonds. The van der Waals surface area contributed by atoms with Crippen molar-refractivity contribution >= 4 is 23.8 Å². The van der Waals surface area contributed by atoms with E-state index in [0.29, 0.717) is 0 Å². The molecule has 0 aliphatic heterocycles. The van der Waals surface area contributed by atoms with Crippen molar-refractivity contribution in [3.63, 3.8) is 0 Å². The number of benzene rings is 2. The van der Waals surface area contributed by atoms with Crippen molar-refractivity contribution in [3.05, 3.63) is 82.4 Å². The predicted octanol–water partition coefficient (Wildman–Crippen LogP) is 5.38. The van der Waals surface area contributed by atoms with Crippen LogP contribution in [-0.2, 0) is 0 Å². The number of hydrogen-bond acceptors (Lipinski definition) is 0. The molecule has 0 aliphatic carbocycles. The second-order valence-electron chi connectivity index (χ2n) is 4.18. The normalized spacial score (nSPS) is 11.4. The van der Waals surface area contributed by atoms with E-state index in [2.05, 4.69) is 43.3 Å². The van der Waals surface area contributed by atoms with Crippen molar-refractivity contribution in [1.82, 2.24) is 0 Å². The highest BCUT2D eigenvalue weighted by atomic mass is 35.5. The van der Waals surface area contributed by atoms with Crippen LogP contribution in [0.4, 0.5) is 0 Å². The molecule has 0 spiro atoms. The van der Waals surface area contributed by atoms with Gasteiger partial charge in [-0.25, -0.2) is 0 Å². The van der Waals surface area contributed by atoms with Gasteiger partial charge in [-0.3, -0.25) is 0 Å². The lowest BCUT2D eigenvalue weighted by Gasteiger charge is -1.94. The summed E-state index contributed by atoms with van der Waals surface area (Å²) in [6, 6.07) is 16.2. The van der Waals surface area contributed by atoms with Crippen LogP contribution in [0, 0.1) is 6.92 Å². The van der Waals surface area contributed by atoms with Gasteiger partial charge in [0.15, 0.2) is 0 Å². The van der Waals surface area contributed by atoms with Gasteiger partial charge in [0.2, 0.25) is 0 Å². The minimum atomic E-state index is 0.766. The topological polar surface area (TPSA) is 0 Å². The molecule has 18 heavy (non-hydrogen) atoms. The van der Waals surface area contributed by atoms with Gasteiger partial charge in [-0.1, -0.05) is 77.9 Å². The van der Waals surface area contributed by atoms with Crippen molar-refractivity contribution in [1.29, 1.82) is 0 Å². The highest BCUT2D eigenvalue weighted by Crippen LogP contribution is 2.11. The van der Waals surface area contributed by atoms with Gasteiger partial charge in [-0.15, -0.1) is 0 Å². The summed E-state index contributed by atoms with van der Waals surface area (Å²) < 4.78 is 0. The van der Waals surface area contributed by atoms with E-state index >= 15 is 0 Å². The quantitative estimate of drug-likeness (QED) is 0.646. The van der Waals surface area contributed by atoms with Gasteiger partial charge in [0.25, 0.3) is 0 Å². The summed E-state index contributed by atoms with van der Waals surface area (Å²) in [5, 5.41) is 0.766. The molecular formula is C17H15Cl. The fraction of sp³-hybridized carbons (Fsp3) is 0.0588. The molecule has 1 heteroatoms. The lowest BCUT2D eigenvalue weighted by Crippen LogP contribution is -1.73. The monoisotopic (exact) mass is 254 g/mol. The molecule has 2 aromatic carbocycles. The molecule has 0 saturated carbocycles. The fourth-order valence-electron chi connectivity index (χ4n) is 1.68. The predicted molar refractivity (Wildman–Crippen MR) is 80.7 cm³/mol. The van der Waals surface area contributed by atoms with Crippen LogP contribution in [-0.4, -0.2) is 0 Å². The van der Waals surface area contributed by atoms with Crippen molar-refractivity contribution < 1.29 is 0 Å². The highest BCUT2D eigenvalue weighted by Gasteiger charge is 1.87. The molecule has 0 bridgehead atoms. The van der Waals surface area contributed by atoms with Crippen LogP contribution in [0.25, 0.3) is 12.2 Å². The van der Waals surface area contributed by atoms with Crippen molar-refractivity contribution in [2.75, 3.05) is 0 Å². The minimum Gasteiger partial charge on any atom is -0.0843 e. The summed E-state index contributed by atoms with van der Waals surface area (Å²) in [4.78, 5) is 0. The molecule has 0 radical (unpaired) electrons. The second kappa shape index (κ2) is 6.23. The SMILES string of the molecule is Cc1cccc(/C=C/C=C/c2ccc(Cl)cc2)c1. The molecule has 0 aliphatic rings. The van der Waals surface area contributed by atoms with E-state index in [-0.39, 0.29) is 0 Å². The zero-order valence-corrected chi connectivity index (χ0v) is 11.1. The van der Waals surface area contributed by atoms with Gasteiger partial charge in [-0.05, 0) is 30.2 Å². The van der Waals surface area contributed by atoms with Gasteiger partial charge in [0.05, 0.1) is 0 Å². The van der Waals surface area contributed by atoms with Gasteiger partial charge in [0, 0.05) is 5.02 Å². The molecule has 0 fully saturated rings. The molecule has 0 nitrogen and oxygen atoms in total. The average Bonchev–Trinajstić information content (AvgIpc) is 2.37. The molecule has 0 saturated heterocycles. The summed E-state index contributed by atoms with van der Waals surface area (Å²) in [6.45, 7) is 2.10. The maximum absolute atomic E-state index is 5.83. The summed E-state index contributed by atoms with van der Waals surface area (Å²) in [6.07, 6.45) is 8.23. The Bertz CT molecular complexity index is 562. The van der Waals surface area contributed by atoms with Crippen LogP contribution in [0.5, 0.6) is 0 Å². The lowest BCUT2D eigenvalue weighted by molar-refractivity contribution is 1.46. The molecular weight excluding hydrogens is 240 g/mol. The minimum absolute atomic E-state index is 0.766. The second-order valence-corrected chi connectivity index (χ2v) is 4.62. The number of halogens is 1. The molecule has 90 valence electrons. The zero-order valence-electron chi connectivity index (χ0n) is 10.3. The standard InChI is InChI=1S/C17H15Cl/c1-14-5-4-8-16(13-14)7-3-2-6-15-9-11-17(18)12-10-15/h2-13H,1H3/b6-2+,7-3+. The number of allylic oxidation sites excluding steroid dienone is 2. The van der Waals surface area contributed by atoms with E-state index in [0.717, 1.165) is 10.6 Å². The smallest absolute Gasteiger partial charge is 0.0406 e. The third-order valence-electron chi connectivity index (χ3n) is 2.60. The Morgan fingerprint density at radius 1 is 0.833 bits per heavy atom. The third-order valence-corrected chi connectivity index (χ3v) is 2.85. The van der Waals surface area contributed by atoms with E-state index in [9.17, 15) is 0 Å². The Kier molecular flexibility index (Phi) is 4.38. The number of hydrogen-bond donors (Lipinski definition) is 0. The van der Waals surface area contributed by atoms with E-state index in [1.165, 1.54) is 11.1 Å². The first-order valence-electron chi connectivity index (χ1n) is 5.91. The Morgan fingerprint density at radius 2 is 1.50 bits per heavy atom. The van der Waals surface area contributed by atoms with Gasteiger partial charge >= 0.3 is 0 Å². The first-order valence-corrected chi connectivity index (χ1v) is 6.29. The Balaban J connectivity index is 2.01. The van der Waals surface area contributed by atoms with Crippen molar-refractivity contribution in [3.8, 4) is 0 Å². The summed E-state index contributed by atoms with van der Waals surface area (Å²) in [5.74, 6) is 0. The summed E-state index contributed by atoms with van der Waals surface area (Å²) in [5.41, 5.74) is 3.64. The van der Waals surface area contributed by atoms with E-state index in [1.807, 2.05) is 36.4 Å². The van der Waals surface area contributed by atoms with Crippen LogP contribution in [0.2, 0.25) is 5.02 Å². The maximum atomic E-state index is 5.83. The van der Waals surface area contributed by atoms with Crippen LogP contribution < -0.4 is 0 Å². The van der Waals surface area contributed by atoms with Crippen LogP contribution in [0.3, 0.4) is 0 Å². The largest absolute Gasteiger partial charge is 0.0843 e. The summed E-state index contributed by atoms with van der Waals surface area (Å²) in [7, 11) is 0. The van der Waals surface area contributed by atoms with E-state index < -0.39 is 0 Å². The third kappa shape index (κ3) is 3.90. The molecule has 2 aromatic rings. The molecule has 0 atom stereocenters. The molecule has 0 unspecified atom stereocenters. The fourth-order valence-corrected chi connectivity index (χ4v) is 1.81. The molecule has 0 N–H and O–H groups in total. The number of aryl methyl sites for hydroxylation is 1. The number of rotatable bonds is 3. The van der Waals surface area contributed by atoms with Crippen LogP contribution in [0.15, 0.2) is 60.7 Å². The summed E-state index contributed by atoms with van der Waals surface area (Å²) >= 11 is 5.83. The van der Waals surface area contributed by atoms with Crippen molar-refractivity contribution in [2.45, 2.75) is 6.92 Å². The molecule has 2 rings (SSSR count). The van der Waals surface area contributed by atoms with Gasteiger partial charge < -0.3 is 0 Å². The maximum Gasteiger partial charge on any atom is 0.0406 e. The molecule has 0 heterocycles.